The molecule has 4 nitrogen and oxygen atoms in total. The van der Waals surface area contributed by atoms with Gasteiger partial charge in [0.25, 0.3) is 0 Å². The molecule has 1 unspecified atom stereocenters. The van der Waals surface area contributed by atoms with E-state index in [0.29, 0.717) is 13.0 Å². The van der Waals surface area contributed by atoms with E-state index in [0.717, 1.165) is 28.6 Å². The van der Waals surface area contributed by atoms with Crippen molar-refractivity contribution in [3.63, 3.8) is 0 Å². The third-order valence-corrected chi connectivity index (χ3v) is 3.53. The summed E-state index contributed by atoms with van der Waals surface area (Å²) in [6, 6.07) is 6.02. The SMILES string of the molecule is CCC(N)Cc1cccc(Br)c1OCCC(=O)NC. The molecule has 0 bridgehead atoms. The molecule has 106 valence electrons. The minimum absolute atomic E-state index is 0.0288. The van der Waals surface area contributed by atoms with Crippen molar-refractivity contribution in [2.24, 2.45) is 5.73 Å². The molecule has 5 heteroatoms. The van der Waals surface area contributed by atoms with Crippen molar-refractivity contribution in [3.05, 3.63) is 28.2 Å². The molecule has 0 aromatic heterocycles. The van der Waals surface area contributed by atoms with Crippen molar-refractivity contribution < 1.29 is 9.53 Å². The van der Waals surface area contributed by atoms with Gasteiger partial charge in [-0.1, -0.05) is 19.1 Å². The standard InChI is InChI=1S/C14H21BrN2O2/c1-3-11(16)9-10-5-4-6-12(15)14(10)19-8-7-13(18)17-2/h4-6,11H,3,7-9,16H2,1-2H3,(H,17,18). The van der Waals surface area contributed by atoms with Crippen LogP contribution in [0.2, 0.25) is 0 Å². The predicted molar refractivity (Wildman–Crippen MR) is 80.3 cm³/mol. The number of para-hydroxylation sites is 1. The van der Waals surface area contributed by atoms with Crippen molar-refractivity contribution in [1.29, 1.82) is 0 Å². The predicted octanol–water partition coefficient (Wildman–Crippen LogP) is 2.24. The number of benzene rings is 1. The maximum atomic E-state index is 11.2. The lowest BCUT2D eigenvalue weighted by molar-refractivity contribution is -0.121. The quantitative estimate of drug-likeness (QED) is 0.806. The van der Waals surface area contributed by atoms with Crippen LogP contribution in [0.3, 0.4) is 0 Å². The van der Waals surface area contributed by atoms with E-state index >= 15 is 0 Å². The second kappa shape index (κ2) is 8.17. The van der Waals surface area contributed by atoms with Gasteiger partial charge < -0.3 is 15.8 Å². The average molecular weight is 329 g/mol. The lowest BCUT2D eigenvalue weighted by atomic mass is 10.0. The summed E-state index contributed by atoms with van der Waals surface area (Å²) >= 11 is 3.48. The molecule has 0 fully saturated rings. The molecule has 0 aliphatic heterocycles. The number of halogens is 1. The smallest absolute Gasteiger partial charge is 0.223 e. The van der Waals surface area contributed by atoms with E-state index in [2.05, 4.69) is 28.2 Å². The Balaban J connectivity index is 2.71. The molecule has 3 N–H and O–H groups in total. The van der Waals surface area contributed by atoms with Gasteiger partial charge in [0.1, 0.15) is 5.75 Å². The number of nitrogens with one attached hydrogen (secondary N) is 1. The van der Waals surface area contributed by atoms with Crippen LogP contribution in [0.4, 0.5) is 0 Å². The Hall–Kier alpha value is -1.07. The zero-order valence-corrected chi connectivity index (χ0v) is 13.0. The Bertz CT molecular complexity index is 424. The van der Waals surface area contributed by atoms with Gasteiger partial charge in [-0.25, -0.2) is 0 Å². The molecule has 1 amide bonds. The van der Waals surface area contributed by atoms with Crippen LogP contribution in [0, 0.1) is 0 Å². The maximum absolute atomic E-state index is 11.2. The molecule has 0 saturated carbocycles. The summed E-state index contributed by atoms with van der Waals surface area (Å²) in [4.78, 5) is 11.2. The van der Waals surface area contributed by atoms with Crippen LogP contribution < -0.4 is 15.8 Å². The molecule has 0 heterocycles. The van der Waals surface area contributed by atoms with Gasteiger partial charge in [0.15, 0.2) is 0 Å². The second-order valence-corrected chi connectivity index (χ2v) is 5.23. The van der Waals surface area contributed by atoms with Crippen molar-refractivity contribution in [3.8, 4) is 5.75 Å². The second-order valence-electron chi connectivity index (χ2n) is 4.37. The van der Waals surface area contributed by atoms with Crippen LogP contribution >= 0.6 is 15.9 Å². The first-order chi connectivity index (χ1) is 9.08. The highest BCUT2D eigenvalue weighted by atomic mass is 79.9. The minimum atomic E-state index is -0.0288. The van der Waals surface area contributed by atoms with E-state index in [1.165, 1.54) is 0 Å². The molecule has 0 saturated heterocycles. The van der Waals surface area contributed by atoms with Gasteiger partial charge >= 0.3 is 0 Å². The Kier molecular flexibility index (Phi) is 6.87. The Morgan fingerprint density at radius 3 is 2.89 bits per heavy atom. The van der Waals surface area contributed by atoms with Gasteiger partial charge in [0.2, 0.25) is 5.91 Å². The summed E-state index contributed by atoms with van der Waals surface area (Å²) in [6.45, 7) is 2.42. The highest BCUT2D eigenvalue weighted by Crippen LogP contribution is 2.30. The fraction of sp³-hybridized carbons (Fsp3) is 0.500. The Morgan fingerprint density at radius 2 is 2.26 bits per heavy atom. The zero-order chi connectivity index (χ0) is 14.3. The first-order valence-corrected chi connectivity index (χ1v) is 7.24. The van der Waals surface area contributed by atoms with Crippen LogP contribution in [0.15, 0.2) is 22.7 Å². The summed E-state index contributed by atoms with van der Waals surface area (Å²) in [7, 11) is 1.62. The summed E-state index contributed by atoms with van der Waals surface area (Å²) in [5.74, 6) is 0.758. The monoisotopic (exact) mass is 328 g/mol. The topological polar surface area (TPSA) is 64.3 Å². The summed E-state index contributed by atoms with van der Waals surface area (Å²) in [5.41, 5.74) is 7.06. The molecular formula is C14H21BrN2O2. The maximum Gasteiger partial charge on any atom is 0.223 e. The summed E-state index contributed by atoms with van der Waals surface area (Å²) in [5, 5.41) is 2.57. The number of hydrogen-bond donors (Lipinski definition) is 2. The highest BCUT2D eigenvalue weighted by Gasteiger charge is 2.11. The molecule has 0 spiro atoms. The molecule has 0 aliphatic carbocycles. The van der Waals surface area contributed by atoms with E-state index in [4.69, 9.17) is 10.5 Å². The van der Waals surface area contributed by atoms with Gasteiger partial charge in [-0.2, -0.15) is 0 Å². The van der Waals surface area contributed by atoms with Gasteiger partial charge in [-0.3, -0.25) is 4.79 Å². The summed E-state index contributed by atoms with van der Waals surface area (Å²) < 4.78 is 6.62. The highest BCUT2D eigenvalue weighted by molar-refractivity contribution is 9.10. The molecule has 1 aromatic carbocycles. The number of nitrogens with two attached hydrogens (primary N) is 1. The van der Waals surface area contributed by atoms with E-state index in [1.54, 1.807) is 7.05 Å². The third kappa shape index (κ3) is 5.20. The number of hydrogen-bond acceptors (Lipinski definition) is 3. The number of carbonyl (C=O) groups excluding carboxylic acids is 1. The average Bonchev–Trinajstić information content (AvgIpc) is 2.41. The van der Waals surface area contributed by atoms with Crippen molar-refractivity contribution >= 4 is 21.8 Å². The molecule has 1 atom stereocenters. The van der Waals surface area contributed by atoms with Crippen LogP contribution in [0.5, 0.6) is 5.75 Å². The molecule has 0 aliphatic rings. The van der Waals surface area contributed by atoms with Crippen LogP contribution in [-0.4, -0.2) is 25.6 Å². The fourth-order valence-electron chi connectivity index (χ4n) is 1.67. The summed E-state index contributed by atoms with van der Waals surface area (Å²) in [6.07, 6.45) is 2.03. The van der Waals surface area contributed by atoms with Crippen LogP contribution in [-0.2, 0) is 11.2 Å². The van der Waals surface area contributed by atoms with Crippen LogP contribution in [0.1, 0.15) is 25.3 Å². The molecular weight excluding hydrogens is 308 g/mol. The van der Waals surface area contributed by atoms with Crippen LogP contribution in [0.25, 0.3) is 0 Å². The number of ether oxygens (including phenoxy) is 1. The van der Waals surface area contributed by atoms with Crippen molar-refractivity contribution in [2.75, 3.05) is 13.7 Å². The van der Waals surface area contributed by atoms with E-state index in [1.807, 2.05) is 18.2 Å². The lowest BCUT2D eigenvalue weighted by Gasteiger charge is -2.15. The van der Waals surface area contributed by atoms with Gasteiger partial charge in [-0.15, -0.1) is 0 Å². The molecule has 0 radical (unpaired) electrons. The fourth-order valence-corrected chi connectivity index (χ4v) is 2.20. The van der Waals surface area contributed by atoms with Gasteiger partial charge in [-0.05, 0) is 40.4 Å². The van der Waals surface area contributed by atoms with Crippen molar-refractivity contribution in [2.45, 2.75) is 32.2 Å². The zero-order valence-electron chi connectivity index (χ0n) is 11.4. The van der Waals surface area contributed by atoms with E-state index in [-0.39, 0.29) is 11.9 Å². The van der Waals surface area contributed by atoms with E-state index < -0.39 is 0 Å². The third-order valence-electron chi connectivity index (χ3n) is 2.91. The largest absolute Gasteiger partial charge is 0.492 e. The van der Waals surface area contributed by atoms with Gasteiger partial charge in [0.05, 0.1) is 17.5 Å². The Morgan fingerprint density at radius 1 is 1.53 bits per heavy atom. The normalized spacial score (nSPS) is 12.0. The van der Waals surface area contributed by atoms with Gasteiger partial charge in [0, 0.05) is 13.1 Å². The molecule has 1 aromatic rings. The molecule has 19 heavy (non-hydrogen) atoms. The first kappa shape index (κ1) is 16.0. The molecule has 1 rings (SSSR count). The van der Waals surface area contributed by atoms with E-state index in [9.17, 15) is 4.79 Å². The first-order valence-electron chi connectivity index (χ1n) is 6.44. The number of carbonyl (C=O) groups is 1. The number of rotatable bonds is 7. The minimum Gasteiger partial charge on any atom is -0.492 e. The number of amides is 1. The lowest BCUT2D eigenvalue weighted by Crippen LogP contribution is -2.22. The Labute approximate surface area is 122 Å². The van der Waals surface area contributed by atoms with Crippen molar-refractivity contribution in [1.82, 2.24) is 5.32 Å².